The van der Waals surface area contributed by atoms with Gasteiger partial charge in [-0.15, -0.1) is 0 Å². The highest BCUT2D eigenvalue weighted by molar-refractivity contribution is 7.80. The lowest BCUT2D eigenvalue weighted by Crippen LogP contribution is -2.24. The molecule has 2 rings (SSSR count). The summed E-state index contributed by atoms with van der Waals surface area (Å²) < 4.78 is 0. The fourth-order valence-electron chi connectivity index (χ4n) is 2.35. The summed E-state index contributed by atoms with van der Waals surface area (Å²) in [5.74, 6) is 0.979. The lowest BCUT2D eigenvalue weighted by molar-refractivity contribution is 0.739. The van der Waals surface area contributed by atoms with Crippen LogP contribution in [0, 0.1) is 0 Å². The lowest BCUT2D eigenvalue weighted by atomic mass is 10.1. The fourth-order valence-corrected chi connectivity index (χ4v) is 2.57. The Morgan fingerprint density at radius 2 is 1.78 bits per heavy atom. The zero-order valence-corrected chi connectivity index (χ0v) is 11.9. The number of benzene rings is 2. The Balaban J connectivity index is 2.27. The minimum atomic E-state index is 0.979. The normalized spacial score (nSPS) is 10.8. The molecule has 0 radical (unpaired) electrons. The van der Waals surface area contributed by atoms with Gasteiger partial charge < -0.3 is 4.90 Å². The van der Waals surface area contributed by atoms with Crippen molar-refractivity contribution in [3.05, 3.63) is 42.5 Å². The maximum atomic E-state index is 4.28. The second kappa shape index (κ2) is 6.69. The van der Waals surface area contributed by atoms with E-state index in [2.05, 4.69) is 66.9 Å². The molecule has 0 aliphatic heterocycles. The average Bonchev–Trinajstić information content (AvgIpc) is 2.43. The van der Waals surface area contributed by atoms with Gasteiger partial charge in [-0.2, -0.15) is 12.6 Å². The first kappa shape index (κ1) is 13.3. The fraction of sp³-hybridized carbons (Fsp3) is 0.375. The first-order valence-electron chi connectivity index (χ1n) is 6.70. The van der Waals surface area contributed by atoms with Gasteiger partial charge in [-0.25, -0.2) is 0 Å². The van der Waals surface area contributed by atoms with E-state index in [9.17, 15) is 0 Å². The Hall–Kier alpha value is -1.15. The molecule has 2 aromatic carbocycles. The van der Waals surface area contributed by atoms with Crippen LogP contribution in [0.25, 0.3) is 10.8 Å². The summed E-state index contributed by atoms with van der Waals surface area (Å²) in [5, 5.41) is 2.68. The van der Waals surface area contributed by atoms with Crippen LogP contribution in [0.3, 0.4) is 0 Å². The number of anilines is 1. The van der Waals surface area contributed by atoms with Crippen molar-refractivity contribution in [2.24, 2.45) is 0 Å². The molecule has 0 saturated carbocycles. The summed E-state index contributed by atoms with van der Waals surface area (Å²) in [5.41, 5.74) is 1.36. The van der Waals surface area contributed by atoms with Gasteiger partial charge in [0.2, 0.25) is 0 Å². The van der Waals surface area contributed by atoms with Crippen molar-refractivity contribution < 1.29 is 0 Å². The minimum Gasteiger partial charge on any atom is -0.371 e. The van der Waals surface area contributed by atoms with E-state index in [1.54, 1.807) is 0 Å². The maximum Gasteiger partial charge on any atom is 0.0445 e. The Morgan fingerprint density at radius 1 is 1.00 bits per heavy atom. The number of hydrogen-bond acceptors (Lipinski definition) is 2. The largest absolute Gasteiger partial charge is 0.371 e. The second-order valence-electron chi connectivity index (χ2n) is 4.51. The minimum absolute atomic E-state index is 0.979. The molecule has 0 N–H and O–H groups in total. The van der Waals surface area contributed by atoms with Crippen LogP contribution in [0.15, 0.2) is 42.5 Å². The summed E-state index contributed by atoms with van der Waals surface area (Å²) in [6.45, 7) is 4.40. The Labute approximate surface area is 115 Å². The molecule has 0 bridgehead atoms. The Morgan fingerprint density at radius 3 is 2.56 bits per heavy atom. The van der Waals surface area contributed by atoms with Crippen LogP contribution < -0.4 is 4.90 Å². The molecule has 0 aromatic heterocycles. The van der Waals surface area contributed by atoms with E-state index >= 15 is 0 Å². The van der Waals surface area contributed by atoms with Gasteiger partial charge in [0.1, 0.15) is 0 Å². The molecule has 0 unspecified atom stereocenters. The van der Waals surface area contributed by atoms with Gasteiger partial charge in [-0.3, -0.25) is 0 Å². The zero-order chi connectivity index (χ0) is 12.8. The van der Waals surface area contributed by atoms with E-state index < -0.39 is 0 Å². The number of fused-ring (bicyclic) bond motifs is 1. The summed E-state index contributed by atoms with van der Waals surface area (Å²) >= 11 is 4.28. The van der Waals surface area contributed by atoms with Crippen LogP contribution in [-0.4, -0.2) is 18.8 Å². The van der Waals surface area contributed by atoms with Crippen LogP contribution in [0.1, 0.15) is 19.8 Å². The number of hydrogen-bond donors (Lipinski definition) is 1. The van der Waals surface area contributed by atoms with E-state index in [1.807, 2.05) is 0 Å². The number of nitrogens with zero attached hydrogens (tertiary/aromatic N) is 1. The van der Waals surface area contributed by atoms with E-state index in [-0.39, 0.29) is 0 Å². The molecule has 2 aromatic rings. The van der Waals surface area contributed by atoms with Crippen molar-refractivity contribution >= 4 is 29.1 Å². The molecule has 0 atom stereocenters. The van der Waals surface area contributed by atoms with Gasteiger partial charge in [0.15, 0.2) is 0 Å². The third-order valence-electron chi connectivity index (χ3n) is 3.33. The average molecular weight is 259 g/mol. The van der Waals surface area contributed by atoms with E-state index in [0.717, 1.165) is 18.8 Å². The quantitative estimate of drug-likeness (QED) is 0.595. The molecule has 1 nitrogen and oxygen atoms in total. The van der Waals surface area contributed by atoms with Crippen molar-refractivity contribution in [3.63, 3.8) is 0 Å². The van der Waals surface area contributed by atoms with Crippen LogP contribution in [0.5, 0.6) is 0 Å². The molecule has 96 valence electrons. The van der Waals surface area contributed by atoms with Crippen LogP contribution in [0.4, 0.5) is 5.69 Å². The van der Waals surface area contributed by atoms with Gasteiger partial charge in [0, 0.05) is 24.2 Å². The Bertz CT molecular complexity index is 490. The Kier molecular flexibility index (Phi) is 4.94. The number of unbranched alkanes of at least 4 members (excludes halogenated alkanes) is 1. The summed E-state index contributed by atoms with van der Waals surface area (Å²) in [7, 11) is 0. The van der Waals surface area contributed by atoms with Gasteiger partial charge >= 0.3 is 0 Å². The van der Waals surface area contributed by atoms with Crippen LogP contribution >= 0.6 is 12.6 Å². The van der Waals surface area contributed by atoms with Gasteiger partial charge in [-0.05, 0) is 37.0 Å². The van der Waals surface area contributed by atoms with E-state index in [4.69, 9.17) is 0 Å². The zero-order valence-electron chi connectivity index (χ0n) is 11.0. The smallest absolute Gasteiger partial charge is 0.0445 e. The maximum absolute atomic E-state index is 4.28. The first-order valence-corrected chi connectivity index (χ1v) is 7.33. The first-order chi connectivity index (χ1) is 8.86. The molecular weight excluding hydrogens is 238 g/mol. The highest BCUT2D eigenvalue weighted by Crippen LogP contribution is 2.26. The third-order valence-corrected chi connectivity index (χ3v) is 3.64. The molecule has 18 heavy (non-hydrogen) atoms. The lowest BCUT2D eigenvalue weighted by Gasteiger charge is -2.24. The standard InChI is InChI=1S/C16H21NS/c1-2-17(12-5-6-13-18)16-11-7-9-14-8-3-4-10-15(14)16/h3-4,7-11,18H,2,5-6,12-13H2,1H3. The predicted octanol–water partition coefficient (Wildman–Crippen LogP) is 4.38. The third kappa shape index (κ3) is 2.99. The molecule has 0 fully saturated rings. The predicted molar refractivity (Wildman–Crippen MR) is 84.9 cm³/mol. The number of thiol groups is 1. The van der Waals surface area contributed by atoms with Gasteiger partial charge in [-0.1, -0.05) is 36.4 Å². The molecule has 0 saturated heterocycles. The van der Waals surface area contributed by atoms with E-state index in [0.29, 0.717) is 0 Å². The second-order valence-corrected chi connectivity index (χ2v) is 4.96. The van der Waals surface area contributed by atoms with Crippen molar-refractivity contribution in [2.45, 2.75) is 19.8 Å². The molecule has 0 heterocycles. The molecule has 2 heteroatoms. The summed E-state index contributed by atoms with van der Waals surface area (Å²) in [6, 6.07) is 15.2. The number of rotatable bonds is 6. The highest BCUT2D eigenvalue weighted by atomic mass is 32.1. The van der Waals surface area contributed by atoms with Gasteiger partial charge in [0.25, 0.3) is 0 Å². The summed E-state index contributed by atoms with van der Waals surface area (Å²) in [4.78, 5) is 2.46. The van der Waals surface area contributed by atoms with E-state index in [1.165, 1.54) is 29.3 Å². The van der Waals surface area contributed by atoms with Crippen molar-refractivity contribution in [1.29, 1.82) is 0 Å². The molecule has 0 aliphatic rings. The molecule has 0 amide bonds. The van der Waals surface area contributed by atoms with Crippen molar-refractivity contribution in [1.82, 2.24) is 0 Å². The van der Waals surface area contributed by atoms with Crippen LogP contribution in [-0.2, 0) is 0 Å². The van der Waals surface area contributed by atoms with Crippen molar-refractivity contribution in [2.75, 3.05) is 23.7 Å². The van der Waals surface area contributed by atoms with Crippen LogP contribution in [0.2, 0.25) is 0 Å². The van der Waals surface area contributed by atoms with Crippen molar-refractivity contribution in [3.8, 4) is 0 Å². The molecular formula is C16H21NS. The highest BCUT2D eigenvalue weighted by Gasteiger charge is 2.07. The SMILES string of the molecule is CCN(CCCCS)c1cccc2ccccc12. The monoisotopic (exact) mass is 259 g/mol. The summed E-state index contributed by atoms with van der Waals surface area (Å²) in [6.07, 6.45) is 2.39. The molecule has 0 spiro atoms. The topological polar surface area (TPSA) is 3.24 Å². The molecule has 0 aliphatic carbocycles. The van der Waals surface area contributed by atoms with Gasteiger partial charge in [0.05, 0.1) is 0 Å².